The third-order valence-electron chi connectivity index (χ3n) is 2.59. The number of carbonyl (C=O) groups is 1. The molecule has 16 heavy (non-hydrogen) atoms. The second kappa shape index (κ2) is 8.53. The molecule has 0 saturated heterocycles. The summed E-state index contributed by atoms with van der Waals surface area (Å²) in [7, 11) is 0. The summed E-state index contributed by atoms with van der Waals surface area (Å²) in [6.07, 6.45) is 0.492. The van der Waals surface area contributed by atoms with Crippen LogP contribution in [0.5, 0.6) is 0 Å². The van der Waals surface area contributed by atoms with E-state index in [2.05, 4.69) is 19.2 Å². The van der Waals surface area contributed by atoms with Crippen LogP contribution in [0, 0.1) is 11.8 Å². The van der Waals surface area contributed by atoms with Gasteiger partial charge in [-0.1, -0.05) is 20.8 Å². The van der Waals surface area contributed by atoms with E-state index in [-0.39, 0.29) is 17.9 Å². The molecule has 0 bridgehead atoms. The molecular formula is C12H26N2O2. The summed E-state index contributed by atoms with van der Waals surface area (Å²) in [5.74, 6) is 0.681. The summed E-state index contributed by atoms with van der Waals surface area (Å²) in [6.45, 7) is 9.90. The summed E-state index contributed by atoms with van der Waals surface area (Å²) in [6, 6.07) is 0.0948. The van der Waals surface area contributed by atoms with Gasteiger partial charge in [-0.3, -0.25) is 4.79 Å². The highest BCUT2D eigenvalue weighted by atomic mass is 16.5. The van der Waals surface area contributed by atoms with Crippen LogP contribution in [0.15, 0.2) is 0 Å². The molecule has 3 N–H and O–H groups in total. The minimum Gasteiger partial charge on any atom is -0.380 e. The van der Waals surface area contributed by atoms with Gasteiger partial charge < -0.3 is 15.8 Å². The van der Waals surface area contributed by atoms with E-state index < -0.39 is 0 Å². The molecule has 2 atom stereocenters. The zero-order valence-corrected chi connectivity index (χ0v) is 11.0. The number of carbonyl (C=O) groups excluding carboxylic acids is 1. The lowest BCUT2D eigenvalue weighted by Crippen LogP contribution is -2.42. The number of rotatable bonds is 8. The highest BCUT2D eigenvalue weighted by Gasteiger charge is 2.17. The third kappa shape index (κ3) is 6.80. The largest absolute Gasteiger partial charge is 0.380 e. The van der Waals surface area contributed by atoms with Gasteiger partial charge in [-0.25, -0.2) is 0 Å². The molecule has 0 aromatic rings. The molecule has 0 aromatic carbocycles. The monoisotopic (exact) mass is 230 g/mol. The number of ether oxygens (including phenoxy) is 1. The second-order valence-corrected chi connectivity index (χ2v) is 4.62. The van der Waals surface area contributed by atoms with Crippen molar-refractivity contribution in [3.63, 3.8) is 0 Å². The topological polar surface area (TPSA) is 64.3 Å². The van der Waals surface area contributed by atoms with Crippen molar-refractivity contribution in [2.24, 2.45) is 17.6 Å². The zero-order chi connectivity index (χ0) is 12.6. The molecule has 96 valence electrons. The fraction of sp³-hybridized carbons (Fsp3) is 0.917. The summed E-state index contributed by atoms with van der Waals surface area (Å²) < 4.78 is 5.35. The van der Waals surface area contributed by atoms with Crippen LogP contribution in [0.1, 0.15) is 34.1 Å². The minimum atomic E-state index is 0.0661. The number of amides is 1. The Labute approximate surface area is 98.9 Å². The maximum absolute atomic E-state index is 11.7. The first-order valence-corrected chi connectivity index (χ1v) is 6.08. The number of nitrogens with two attached hydrogens (primary N) is 1. The number of hydrogen-bond donors (Lipinski definition) is 2. The first-order chi connectivity index (χ1) is 7.51. The van der Waals surface area contributed by atoms with Crippen LogP contribution in [-0.4, -0.2) is 31.7 Å². The van der Waals surface area contributed by atoms with Crippen molar-refractivity contribution in [2.45, 2.75) is 40.2 Å². The maximum Gasteiger partial charge on any atom is 0.220 e. The molecule has 0 rings (SSSR count). The van der Waals surface area contributed by atoms with Crippen molar-refractivity contribution >= 4 is 5.91 Å². The Bertz CT molecular complexity index is 195. The normalized spacial score (nSPS) is 14.9. The third-order valence-corrected chi connectivity index (χ3v) is 2.59. The van der Waals surface area contributed by atoms with Gasteiger partial charge in [-0.05, 0) is 25.3 Å². The van der Waals surface area contributed by atoms with Crippen molar-refractivity contribution in [3.8, 4) is 0 Å². The number of hydrogen-bond acceptors (Lipinski definition) is 3. The van der Waals surface area contributed by atoms with Crippen LogP contribution in [0.2, 0.25) is 0 Å². The van der Waals surface area contributed by atoms with E-state index in [4.69, 9.17) is 10.5 Å². The van der Waals surface area contributed by atoms with E-state index >= 15 is 0 Å². The molecule has 0 fully saturated rings. The summed E-state index contributed by atoms with van der Waals surface area (Å²) >= 11 is 0. The Morgan fingerprint density at radius 2 is 2.00 bits per heavy atom. The summed E-state index contributed by atoms with van der Waals surface area (Å²) in [5, 5.41) is 3.00. The van der Waals surface area contributed by atoms with Gasteiger partial charge in [-0.2, -0.15) is 0 Å². The lowest BCUT2D eigenvalue weighted by Gasteiger charge is -2.22. The van der Waals surface area contributed by atoms with Crippen LogP contribution in [0.25, 0.3) is 0 Å². The summed E-state index contributed by atoms with van der Waals surface area (Å²) in [4.78, 5) is 11.7. The van der Waals surface area contributed by atoms with Crippen LogP contribution < -0.4 is 11.1 Å². The average molecular weight is 230 g/mol. The molecule has 0 spiro atoms. The molecule has 0 saturated carbocycles. The molecular weight excluding hydrogens is 204 g/mol. The highest BCUT2D eigenvalue weighted by molar-refractivity contribution is 5.76. The van der Waals surface area contributed by atoms with Crippen molar-refractivity contribution in [1.29, 1.82) is 0 Å². The first kappa shape index (κ1) is 15.4. The van der Waals surface area contributed by atoms with E-state index in [0.717, 1.165) is 0 Å². The summed E-state index contributed by atoms with van der Waals surface area (Å²) in [5.41, 5.74) is 5.49. The molecule has 0 radical (unpaired) electrons. The fourth-order valence-corrected chi connectivity index (χ4v) is 1.31. The van der Waals surface area contributed by atoms with Crippen molar-refractivity contribution in [3.05, 3.63) is 0 Å². The molecule has 0 aromatic heterocycles. The zero-order valence-electron chi connectivity index (χ0n) is 11.0. The van der Waals surface area contributed by atoms with Crippen LogP contribution in [0.4, 0.5) is 0 Å². The van der Waals surface area contributed by atoms with E-state index in [1.54, 1.807) is 0 Å². The van der Waals surface area contributed by atoms with Gasteiger partial charge in [0, 0.05) is 13.0 Å². The van der Waals surface area contributed by atoms with Crippen molar-refractivity contribution in [2.75, 3.05) is 19.8 Å². The quantitative estimate of drug-likeness (QED) is 0.657. The number of nitrogens with one attached hydrogen (secondary N) is 1. The molecule has 4 heteroatoms. The van der Waals surface area contributed by atoms with Crippen LogP contribution in [0.3, 0.4) is 0 Å². The standard InChI is InChI=1S/C12H26N2O2/c1-5-16-8-11(9(2)3)14-12(15)6-10(4)7-13/h9-11H,5-8,13H2,1-4H3,(H,14,15). The Balaban J connectivity index is 4.02. The van der Waals surface area contributed by atoms with Gasteiger partial charge >= 0.3 is 0 Å². The van der Waals surface area contributed by atoms with Crippen LogP contribution in [-0.2, 0) is 9.53 Å². The van der Waals surface area contributed by atoms with E-state index in [9.17, 15) is 4.79 Å². The Hall–Kier alpha value is -0.610. The van der Waals surface area contributed by atoms with E-state index in [1.165, 1.54) is 0 Å². The average Bonchev–Trinajstić information content (AvgIpc) is 2.23. The lowest BCUT2D eigenvalue weighted by atomic mass is 10.0. The van der Waals surface area contributed by atoms with Gasteiger partial charge in [0.25, 0.3) is 0 Å². The molecule has 1 amide bonds. The Morgan fingerprint density at radius 3 is 2.44 bits per heavy atom. The highest BCUT2D eigenvalue weighted by Crippen LogP contribution is 2.05. The van der Waals surface area contributed by atoms with Crippen molar-refractivity contribution < 1.29 is 9.53 Å². The van der Waals surface area contributed by atoms with Gasteiger partial charge in [-0.15, -0.1) is 0 Å². The van der Waals surface area contributed by atoms with E-state index in [0.29, 0.717) is 32.1 Å². The van der Waals surface area contributed by atoms with Gasteiger partial charge in [0.2, 0.25) is 5.91 Å². The smallest absolute Gasteiger partial charge is 0.220 e. The molecule has 2 unspecified atom stereocenters. The SMILES string of the molecule is CCOCC(NC(=O)CC(C)CN)C(C)C. The Morgan fingerprint density at radius 1 is 1.38 bits per heavy atom. The minimum absolute atomic E-state index is 0.0661. The molecule has 0 aliphatic carbocycles. The molecule has 4 nitrogen and oxygen atoms in total. The Kier molecular flexibility index (Phi) is 8.21. The fourth-order valence-electron chi connectivity index (χ4n) is 1.31. The molecule has 0 aliphatic heterocycles. The molecule has 0 heterocycles. The van der Waals surface area contributed by atoms with Gasteiger partial charge in [0.05, 0.1) is 12.6 Å². The van der Waals surface area contributed by atoms with Gasteiger partial charge in [0.15, 0.2) is 0 Å². The first-order valence-electron chi connectivity index (χ1n) is 6.08. The predicted octanol–water partition coefficient (Wildman–Crippen LogP) is 1.15. The van der Waals surface area contributed by atoms with E-state index in [1.807, 2.05) is 13.8 Å². The van der Waals surface area contributed by atoms with Crippen molar-refractivity contribution in [1.82, 2.24) is 5.32 Å². The van der Waals surface area contributed by atoms with Crippen LogP contribution >= 0.6 is 0 Å². The predicted molar refractivity (Wildman–Crippen MR) is 66.1 cm³/mol. The lowest BCUT2D eigenvalue weighted by molar-refractivity contribution is -0.123. The van der Waals surface area contributed by atoms with Gasteiger partial charge in [0.1, 0.15) is 0 Å². The molecule has 0 aliphatic rings. The second-order valence-electron chi connectivity index (χ2n) is 4.62. The maximum atomic E-state index is 11.7.